The number of benzene rings is 1. The van der Waals surface area contributed by atoms with Crippen LogP contribution in [0.4, 0.5) is 0 Å². The zero-order chi connectivity index (χ0) is 15.5. The second-order valence-electron chi connectivity index (χ2n) is 5.49. The van der Waals surface area contributed by atoms with Crippen molar-refractivity contribution in [1.29, 1.82) is 0 Å². The first-order valence-electron chi connectivity index (χ1n) is 7.68. The summed E-state index contributed by atoms with van der Waals surface area (Å²) in [4.78, 5) is 5.26. The molecule has 1 atom stereocenters. The van der Waals surface area contributed by atoms with Crippen LogP contribution in [-0.4, -0.2) is 31.1 Å². The van der Waals surface area contributed by atoms with Crippen LogP contribution in [0.25, 0.3) is 0 Å². The molecular weight excluding hydrogens is 335 g/mol. The first-order valence-corrected chi connectivity index (χ1v) is 9.25. The third-order valence-corrected chi connectivity index (χ3v) is 6.21. The Morgan fingerprint density at radius 1 is 1.18 bits per heavy atom. The number of nitrogens with one attached hydrogen (secondary N) is 1. The summed E-state index contributed by atoms with van der Waals surface area (Å²) in [6.07, 6.45) is 1.07. The lowest BCUT2D eigenvalue weighted by Gasteiger charge is -2.35. The summed E-state index contributed by atoms with van der Waals surface area (Å²) in [6, 6.07) is 10.6. The number of nitrogens with zero attached hydrogens (tertiary/aromatic N) is 1. The van der Waals surface area contributed by atoms with E-state index in [-0.39, 0.29) is 6.04 Å². The van der Waals surface area contributed by atoms with Gasteiger partial charge in [-0.05, 0) is 30.2 Å². The van der Waals surface area contributed by atoms with Crippen molar-refractivity contribution in [2.75, 3.05) is 26.2 Å². The van der Waals surface area contributed by atoms with E-state index >= 15 is 0 Å². The van der Waals surface area contributed by atoms with Crippen molar-refractivity contribution in [1.82, 2.24) is 10.2 Å². The molecule has 1 fully saturated rings. The lowest BCUT2D eigenvalue weighted by atomic mass is 10.0. The molecule has 0 radical (unpaired) electrons. The van der Waals surface area contributed by atoms with E-state index in [2.05, 4.69) is 35.3 Å². The number of halogens is 2. The Morgan fingerprint density at radius 2 is 1.95 bits per heavy atom. The first kappa shape index (κ1) is 16.3. The quantitative estimate of drug-likeness (QED) is 0.862. The van der Waals surface area contributed by atoms with Gasteiger partial charge in [0.25, 0.3) is 0 Å². The molecule has 1 saturated heterocycles. The number of piperazine rings is 1. The Hall–Kier alpha value is -0.580. The topological polar surface area (TPSA) is 15.3 Å². The van der Waals surface area contributed by atoms with Gasteiger partial charge >= 0.3 is 0 Å². The Labute approximate surface area is 146 Å². The molecule has 1 aromatic heterocycles. The summed E-state index contributed by atoms with van der Waals surface area (Å²) >= 11 is 14.7. The lowest BCUT2D eigenvalue weighted by molar-refractivity contribution is 0.201. The summed E-state index contributed by atoms with van der Waals surface area (Å²) in [6.45, 7) is 6.27. The van der Waals surface area contributed by atoms with Gasteiger partial charge in [-0.1, -0.05) is 42.3 Å². The molecule has 0 saturated carbocycles. The van der Waals surface area contributed by atoms with Crippen molar-refractivity contribution in [2.45, 2.75) is 19.4 Å². The Bertz CT molecular complexity index is 635. The standard InChI is InChI=1S/C17H20Cl2N2S/c1-2-12-6-7-15(22-12)17(21-10-8-20-9-11-21)13-4-3-5-14(18)16(13)19/h3-7,17,20H,2,8-11H2,1H3. The number of hydrogen-bond donors (Lipinski definition) is 1. The normalized spacial score (nSPS) is 17.6. The molecule has 0 amide bonds. The van der Waals surface area contributed by atoms with Gasteiger partial charge in [0, 0.05) is 35.9 Å². The number of thiophene rings is 1. The van der Waals surface area contributed by atoms with E-state index in [1.165, 1.54) is 9.75 Å². The third-order valence-electron chi connectivity index (χ3n) is 4.09. The summed E-state index contributed by atoms with van der Waals surface area (Å²) in [5.74, 6) is 0. The molecule has 0 aliphatic carbocycles. The van der Waals surface area contributed by atoms with Crippen LogP contribution in [0.1, 0.15) is 28.3 Å². The Balaban J connectivity index is 2.03. The molecule has 0 spiro atoms. The van der Waals surface area contributed by atoms with E-state index in [0.717, 1.165) is 38.2 Å². The van der Waals surface area contributed by atoms with Crippen LogP contribution in [0, 0.1) is 0 Å². The average Bonchev–Trinajstić information content (AvgIpc) is 3.01. The molecule has 5 heteroatoms. The highest BCUT2D eigenvalue weighted by Gasteiger charge is 2.27. The predicted molar refractivity (Wildman–Crippen MR) is 96.4 cm³/mol. The van der Waals surface area contributed by atoms with Gasteiger partial charge in [0.2, 0.25) is 0 Å². The van der Waals surface area contributed by atoms with E-state index in [0.29, 0.717) is 10.0 Å². The van der Waals surface area contributed by atoms with Gasteiger partial charge in [0.15, 0.2) is 0 Å². The monoisotopic (exact) mass is 354 g/mol. The van der Waals surface area contributed by atoms with Gasteiger partial charge < -0.3 is 5.32 Å². The zero-order valence-corrected chi connectivity index (χ0v) is 14.9. The highest BCUT2D eigenvalue weighted by molar-refractivity contribution is 7.12. The van der Waals surface area contributed by atoms with Crippen LogP contribution in [-0.2, 0) is 6.42 Å². The largest absolute Gasteiger partial charge is 0.314 e. The van der Waals surface area contributed by atoms with Crippen LogP contribution >= 0.6 is 34.5 Å². The summed E-state index contributed by atoms with van der Waals surface area (Å²) in [5.41, 5.74) is 1.11. The number of rotatable bonds is 4. The Kier molecular flexibility index (Phi) is 5.42. The predicted octanol–water partition coefficient (Wildman–Crippen LogP) is 4.61. The molecule has 1 aromatic carbocycles. The Morgan fingerprint density at radius 3 is 2.64 bits per heavy atom. The van der Waals surface area contributed by atoms with E-state index in [1.54, 1.807) is 0 Å². The molecule has 2 heterocycles. The molecule has 2 aromatic rings. The zero-order valence-electron chi connectivity index (χ0n) is 12.6. The summed E-state index contributed by atoms with van der Waals surface area (Å²) in [7, 11) is 0. The summed E-state index contributed by atoms with van der Waals surface area (Å²) in [5, 5.41) is 4.73. The molecule has 3 rings (SSSR count). The number of aryl methyl sites for hydroxylation is 1. The smallest absolute Gasteiger partial charge is 0.0712 e. The van der Waals surface area contributed by atoms with Crippen molar-refractivity contribution in [3.8, 4) is 0 Å². The fraction of sp³-hybridized carbons (Fsp3) is 0.412. The minimum atomic E-state index is 0.193. The molecule has 2 nitrogen and oxygen atoms in total. The van der Waals surface area contributed by atoms with Gasteiger partial charge in [0.1, 0.15) is 0 Å². The van der Waals surface area contributed by atoms with E-state index in [9.17, 15) is 0 Å². The molecule has 118 valence electrons. The lowest BCUT2D eigenvalue weighted by Crippen LogP contribution is -2.45. The van der Waals surface area contributed by atoms with E-state index in [4.69, 9.17) is 23.2 Å². The highest BCUT2D eigenvalue weighted by atomic mass is 35.5. The van der Waals surface area contributed by atoms with Crippen molar-refractivity contribution >= 4 is 34.5 Å². The minimum Gasteiger partial charge on any atom is -0.314 e. The van der Waals surface area contributed by atoms with Gasteiger partial charge in [0.05, 0.1) is 16.1 Å². The molecule has 22 heavy (non-hydrogen) atoms. The number of hydrogen-bond acceptors (Lipinski definition) is 3. The average molecular weight is 355 g/mol. The van der Waals surface area contributed by atoms with Crippen molar-refractivity contribution < 1.29 is 0 Å². The maximum absolute atomic E-state index is 6.53. The fourth-order valence-corrected chi connectivity index (χ4v) is 4.45. The molecular formula is C17H20Cl2N2S. The SMILES string of the molecule is CCc1ccc(C(c2cccc(Cl)c2Cl)N2CCNCC2)s1. The second-order valence-corrected chi connectivity index (χ2v) is 7.47. The minimum absolute atomic E-state index is 0.193. The fourth-order valence-electron chi connectivity index (χ4n) is 2.93. The van der Waals surface area contributed by atoms with Gasteiger partial charge in [-0.3, -0.25) is 4.90 Å². The van der Waals surface area contributed by atoms with Gasteiger partial charge in [-0.2, -0.15) is 0 Å². The molecule has 1 N–H and O–H groups in total. The van der Waals surface area contributed by atoms with Crippen LogP contribution < -0.4 is 5.32 Å². The maximum Gasteiger partial charge on any atom is 0.0712 e. The molecule has 1 unspecified atom stereocenters. The van der Waals surface area contributed by atoms with E-state index in [1.807, 2.05) is 23.5 Å². The van der Waals surface area contributed by atoms with Crippen LogP contribution in [0.3, 0.4) is 0 Å². The molecule has 0 bridgehead atoms. The van der Waals surface area contributed by atoms with E-state index < -0.39 is 0 Å². The van der Waals surface area contributed by atoms with Crippen molar-refractivity contribution in [3.05, 3.63) is 55.7 Å². The van der Waals surface area contributed by atoms with Gasteiger partial charge in [-0.15, -0.1) is 11.3 Å². The maximum atomic E-state index is 6.53. The van der Waals surface area contributed by atoms with Crippen molar-refractivity contribution in [2.24, 2.45) is 0 Å². The summed E-state index contributed by atoms with van der Waals surface area (Å²) < 4.78 is 0. The molecule has 1 aliphatic rings. The van der Waals surface area contributed by atoms with Crippen LogP contribution in [0.2, 0.25) is 10.0 Å². The van der Waals surface area contributed by atoms with Crippen LogP contribution in [0.5, 0.6) is 0 Å². The highest BCUT2D eigenvalue weighted by Crippen LogP contribution is 2.39. The third kappa shape index (κ3) is 3.34. The molecule has 1 aliphatic heterocycles. The second kappa shape index (κ2) is 7.33. The van der Waals surface area contributed by atoms with Gasteiger partial charge in [-0.25, -0.2) is 0 Å². The van der Waals surface area contributed by atoms with Crippen LogP contribution in [0.15, 0.2) is 30.3 Å². The first-order chi connectivity index (χ1) is 10.7. The van der Waals surface area contributed by atoms with Crippen molar-refractivity contribution in [3.63, 3.8) is 0 Å².